The summed E-state index contributed by atoms with van der Waals surface area (Å²) in [4.78, 5) is 25.4. The summed E-state index contributed by atoms with van der Waals surface area (Å²) in [5.74, 6) is 6.15. The van der Waals surface area contributed by atoms with E-state index < -0.39 is 0 Å². The molecule has 0 unspecified atom stereocenters. The Morgan fingerprint density at radius 3 is 2.36 bits per heavy atom. The molecule has 0 spiro atoms. The average Bonchev–Trinajstić information content (AvgIpc) is 2.79. The normalized spacial score (nSPS) is 13.6. The van der Waals surface area contributed by atoms with Gasteiger partial charge in [-0.25, -0.2) is 4.98 Å². The van der Waals surface area contributed by atoms with Gasteiger partial charge in [-0.1, -0.05) is 24.1 Å². The highest BCUT2D eigenvalue weighted by Gasteiger charge is 2.22. The average molecular weight is 368 g/mol. The number of aromatic nitrogens is 2. The van der Waals surface area contributed by atoms with Crippen molar-refractivity contribution in [3.63, 3.8) is 0 Å². The van der Waals surface area contributed by atoms with Crippen molar-refractivity contribution in [2.24, 2.45) is 0 Å². The lowest BCUT2D eigenvalue weighted by Crippen LogP contribution is -2.48. The Bertz CT molecular complexity index is 1000. The molecule has 1 saturated heterocycles. The van der Waals surface area contributed by atoms with Gasteiger partial charge in [-0.3, -0.25) is 9.78 Å². The molecule has 0 atom stereocenters. The van der Waals surface area contributed by atoms with Gasteiger partial charge < -0.3 is 9.80 Å². The van der Waals surface area contributed by atoms with Crippen molar-refractivity contribution in [2.45, 2.75) is 0 Å². The molecular formula is C23H20N4O. The fourth-order valence-corrected chi connectivity index (χ4v) is 3.19. The number of pyridine rings is 2. The summed E-state index contributed by atoms with van der Waals surface area (Å²) >= 11 is 0. The Balaban J connectivity index is 1.42. The van der Waals surface area contributed by atoms with Crippen LogP contribution in [0.15, 0.2) is 73.2 Å². The molecule has 28 heavy (non-hydrogen) atoms. The third kappa shape index (κ3) is 4.18. The first kappa shape index (κ1) is 17.7. The minimum atomic E-state index is 0.0274. The highest BCUT2D eigenvalue weighted by Crippen LogP contribution is 2.16. The molecule has 0 bridgehead atoms. The Hall–Kier alpha value is -3.65. The van der Waals surface area contributed by atoms with Crippen molar-refractivity contribution < 1.29 is 4.79 Å². The van der Waals surface area contributed by atoms with E-state index in [1.165, 1.54) is 0 Å². The van der Waals surface area contributed by atoms with Crippen LogP contribution >= 0.6 is 0 Å². The first-order valence-corrected chi connectivity index (χ1v) is 9.27. The summed E-state index contributed by atoms with van der Waals surface area (Å²) < 4.78 is 0. The third-order valence-corrected chi connectivity index (χ3v) is 4.71. The molecular weight excluding hydrogens is 348 g/mol. The van der Waals surface area contributed by atoms with Gasteiger partial charge in [0.05, 0.1) is 0 Å². The van der Waals surface area contributed by atoms with Gasteiger partial charge in [0.1, 0.15) is 5.69 Å². The maximum atomic E-state index is 12.9. The molecule has 1 amide bonds. The molecule has 2 aromatic heterocycles. The van der Waals surface area contributed by atoms with Gasteiger partial charge >= 0.3 is 0 Å². The van der Waals surface area contributed by atoms with Crippen LogP contribution in [0, 0.1) is 11.8 Å². The number of hydrogen-bond acceptors (Lipinski definition) is 4. The van der Waals surface area contributed by atoms with Crippen molar-refractivity contribution in [1.82, 2.24) is 14.9 Å². The molecule has 0 aliphatic carbocycles. The summed E-state index contributed by atoms with van der Waals surface area (Å²) in [7, 11) is 0. The van der Waals surface area contributed by atoms with Crippen molar-refractivity contribution in [3.05, 3.63) is 90.0 Å². The number of piperazine rings is 1. The number of hydrogen-bond donors (Lipinski definition) is 0. The Morgan fingerprint density at radius 1 is 0.857 bits per heavy atom. The van der Waals surface area contributed by atoms with Crippen molar-refractivity contribution >= 4 is 11.6 Å². The largest absolute Gasteiger partial charge is 0.368 e. The van der Waals surface area contributed by atoms with Crippen LogP contribution in [0.2, 0.25) is 0 Å². The molecule has 1 aliphatic heterocycles. The molecule has 4 rings (SSSR count). The van der Waals surface area contributed by atoms with E-state index in [9.17, 15) is 4.79 Å². The highest BCUT2D eigenvalue weighted by molar-refractivity contribution is 5.94. The zero-order valence-corrected chi connectivity index (χ0v) is 15.5. The second-order valence-corrected chi connectivity index (χ2v) is 6.53. The summed E-state index contributed by atoms with van der Waals surface area (Å²) in [6.45, 7) is 2.99. The number of benzene rings is 1. The number of anilines is 1. The number of carbonyl (C=O) groups is 1. The van der Waals surface area contributed by atoms with Gasteiger partial charge in [-0.2, -0.15) is 0 Å². The lowest BCUT2D eigenvalue weighted by molar-refractivity contribution is 0.0746. The van der Waals surface area contributed by atoms with Crippen LogP contribution in [0.5, 0.6) is 0 Å². The van der Waals surface area contributed by atoms with Crippen LogP contribution in [0.25, 0.3) is 0 Å². The Kier molecular flexibility index (Phi) is 5.30. The smallest absolute Gasteiger partial charge is 0.254 e. The maximum absolute atomic E-state index is 12.9. The second kappa shape index (κ2) is 8.36. The van der Waals surface area contributed by atoms with Crippen LogP contribution in [0.1, 0.15) is 21.6 Å². The van der Waals surface area contributed by atoms with E-state index in [0.29, 0.717) is 24.3 Å². The van der Waals surface area contributed by atoms with Gasteiger partial charge in [-0.15, -0.1) is 0 Å². The molecule has 1 aliphatic rings. The van der Waals surface area contributed by atoms with Crippen LogP contribution in [0.3, 0.4) is 0 Å². The number of amides is 1. The van der Waals surface area contributed by atoms with Crippen LogP contribution in [-0.4, -0.2) is 47.0 Å². The summed E-state index contributed by atoms with van der Waals surface area (Å²) in [5, 5.41) is 0. The van der Waals surface area contributed by atoms with Crippen molar-refractivity contribution in [2.75, 3.05) is 31.1 Å². The summed E-state index contributed by atoms with van der Waals surface area (Å²) in [6.07, 6.45) is 5.24. The molecule has 5 nitrogen and oxygen atoms in total. The zero-order valence-electron chi connectivity index (χ0n) is 15.5. The monoisotopic (exact) mass is 368 g/mol. The second-order valence-electron chi connectivity index (χ2n) is 6.53. The Morgan fingerprint density at radius 2 is 1.61 bits per heavy atom. The lowest BCUT2D eigenvalue weighted by Gasteiger charge is -2.36. The predicted octanol–water partition coefficient (Wildman–Crippen LogP) is 2.84. The maximum Gasteiger partial charge on any atom is 0.254 e. The first-order valence-electron chi connectivity index (χ1n) is 9.27. The standard InChI is InChI=1S/C23H20N4O/c28-23(27-16-14-26(15-17-27)22-9-11-24-12-10-22)20-8-13-25-21(18-20)7-6-19-4-2-1-3-5-19/h1-5,8-13,18H,14-17H2. The van der Waals surface area contributed by atoms with Gasteiger partial charge in [0, 0.05) is 61.6 Å². The molecule has 138 valence electrons. The summed E-state index contributed by atoms with van der Waals surface area (Å²) in [6, 6.07) is 17.3. The van der Waals surface area contributed by atoms with E-state index in [1.807, 2.05) is 47.4 Å². The molecule has 0 radical (unpaired) electrons. The fraction of sp³-hybridized carbons (Fsp3) is 0.174. The molecule has 5 heteroatoms. The molecule has 0 saturated carbocycles. The fourth-order valence-electron chi connectivity index (χ4n) is 3.19. The SMILES string of the molecule is O=C(c1ccnc(C#Cc2ccccc2)c1)N1CCN(c2ccncc2)CC1. The van der Waals surface area contributed by atoms with E-state index >= 15 is 0 Å². The molecule has 3 aromatic rings. The minimum absolute atomic E-state index is 0.0274. The number of nitrogens with zero attached hydrogens (tertiary/aromatic N) is 4. The number of carbonyl (C=O) groups excluding carboxylic acids is 1. The van der Waals surface area contributed by atoms with Gasteiger partial charge in [-0.05, 0) is 42.3 Å². The summed E-state index contributed by atoms with van der Waals surface area (Å²) in [5.41, 5.74) is 3.30. The topological polar surface area (TPSA) is 49.3 Å². The lowest BCUT2D eigenvalue weighted by atomic mass is 10.1. The van der Waals surface area contributed by atoms with E-state index in [0.717, 1.165) is 24.3 Å². The molecule has 1 fully saturated rings. The highest BCUT2D eigenvalue weighted by atomic mass is 16.2. The minimum Gasteiger partial charge on any atom is -0.368 e. The zero-order chi connectivity index (χ0) is 19.2. The van der Waals surface area contributed by atoms with Gasteiger partial charge in [0.25, 0.3) is 5.91 Å². The van der Waals surface area contributed by atoms with Gasteiger partial charge in [0.2, 0.25) is 0 Å². The number of rotatable bonds is 2. The first-order chi connectivity index (χ1) is 13.8. The van der Waals surface area contributed by atoms with E-state index in [-0.39, 0.29) is 5.91 Å². The quantitative estimate of drug-likeness (QED) is 0.653. The predicted molar refractivity (Wildman–Crippen MR) is 109 cm³/mol. The van der Waals surface area contributed by atoms with Gasteiger partial charge in [0.15, 0.2) is 0 Å². The molecule has 3 heterocycles. The van der Waals surface area contributed by atoms with E-state index in [4.69, 9.17) is 0 Å². The van der Waals surface area contributed by atoms with Crippen molar-refractivity contribution in [1.29, 1.82) is 0 Å². The molecule has 0 N–H and O–H groups in total. The van der Waals surface area contributed by atoms with E-state index in [1.54, 1.807) is 30.7 Å². The van der Waals surface area contributed by atoms with Crippen molar-refractivity contribution in [3.8, 4) is 11.8 Å². The Labute approximate surface area is 164 Å². The van der Waals surface area contributed by atoms with E-state index in [2.05, 4.69) is 26.7 Å². The third-order valence-electron chi connectivity index (χ3n) is 4.71. The van der Waals surface area contributed by atoms with Crippen LogP contribution in [-0.2, 0) is 0 Å². The van der Waals surface area contributed by atoms with Crippen LogP contribution < -0.4 is 4.90 Å². The molecule has 1 aromatic carbocycles. The van der Waals surface area contributed by atoms with Crippen LogP contribution in [0.4, 0.5) is 5.69 Å².